The molecule has 0 bridgehead atoms. The molecule has 0 heterocycles. The number of hydrogen-bond donors (Lipinski definition) is 1. The Labute approximate surface area is 128 Å². The van der Waals surface area contributed by atoms with Crippen molar-refractivity contribution in [2.24, 2.45) is 0 Å². The average Bonchev–Trinajstić information content (AvgIpc) is 2.56. The number of nitrogens with one attached hydrogen (secondary N) is 1. The van der Waals surface area contributed by atoms with Gasteiger partial charge in [0.1, 0.15) is 0 Å². The summed E-state index contributed by atoms with van der Waals surface area (Å²) in [6.07, 6.45) is 4.71. The molecule has 1 N–H and O–H groups in total. The zero-order valence-corrected chi connectivity index (χ0v) is 13.6. The predicted molar refractivity (Wildman–Crippen MR) is 91.9 cm³/mol. The third kappa shape index (κ3) is 4.30. The molecule has 21 heavy (non-hydrogen) atoms. The van der Waals surface area contributed by atoms with E-state index in [9.17, 15) is 4.57 Å². The molecule has 2 aromatic rings. The fraction of sp³-hybridized carbons (Fsp3) is 0.333. The second-order valence-electron chi connectivity index (χ2n) is 5.25. The van der Waals surface area contributed by atoms with Crippen molar-refractivity contribution in [3.63, 3.8) is 0 Å². The Morgan fingerprint density at radius 2 is 1.33 bits per heavy atom. The van der Waals surface area contributed by atoms with Crippen LogP contribution in [0.3, 0.4) is 0 Å². The summed E-state index contributed by atoms with van der Waals surface area (Å²) in [5.74, 6) is 0. The topological polar surface area (TPSA) is 29.1 Å². The van der Waals surface area contributed by atoms with E-state index in [-0.39, 0.29) is 0 Å². The normalized spacial score (nSPS) is 11.5. The summed E-state index contributed by atoms with van der Waals surface area (Å²) in [7, 11) is -2.72. The van der Waals surface area contributed by atoms with E-state index >= 15 is 0 Å². The van der Waals surface area contributed by atoms with Crippen LogP contribution in [0.4, 0.5) is 0 Å². The van der Waals surface area contributed by atoms with Crippen LogP contribution in [0.2, 0.25) is 0 Å². The molecule has 0 atom stereocenters. The number of rotatable bonds is 8. The van der Waals surface area contributed by atoms with Gasteiger partial charge in [0.05, 0.1) is 0 Å². The van der Waals surface area contributed by atoms with E-state index in [2.05, 4.69) is 12.0 Å². The lowest BCUT2D eigenvalue weighted by Gasteiger charge is -2.20. The molecule has 0 amide bonds. The molecule has 0 saturated heterocycles. The molecule has 0 aliphatic rings. The maximum absolute atomic E-state index is 13.5. The van der Waals surface area contributed by atoms with Crippen molar-refractivity contribution in [1.82, 2.24) is 5.09 Å². The summed E-state index contributed by atoms with van der Waals surface area (Å²) in [4.78, 5) is 0. The molecule has 0 aliphatic carbocycles. The first-order valence-electron chi connectivity index (χ1n) is 7.74. The second kappa shape index (κ2) is 8.17. The zero-order valence-electron chi connectivity index (χ0n) is 12.7. The third-order valence-electron chi connectivity index (χ3n) is 3.60. The Morgan fingerprint density at radius 1 is 0.810 bits per heavy atom. The summed E-state index contributed by atoms with van der Waals surface area (Å²) in [6, 6.07) is 19.5. The zero-order chi connectivity index (χ0) is 15.0. The summed E-state index contributed by atoms with van der Waals surface area (Å²) in [5.41, 5.74) is 0. The highest BCUT2D eigenvalue weighted by molar-refractivity contribution is 7.76. The fourth-order valence-corrected chi connectivity index (χ4v) is 4.72. The molecular weight excluding hydrogens is 277 g/mol. The van der Waals surface area contributed by atoms with E-state index in [0.717, 1.165) is 23.6 Å². The summed E-state index contributed by atoms with van der Waals surface area (Å²) in [5, 5.41) is 5.11. The lowest BCUT2D eigenvalue weighted by molar-refractivity contribution is 0.573. The summed E-state index contributed by atoms with van der Waals surface area (Å²) < 4.78 is 13.5. The Bertz CT molecular complexity index is 525. The Kier molecular flexibility index (Phi) is 6.22. The van der Waals surface area contributed by atoms with Crippen molar-refractivity contribution < 1.29 is 4.57 Å². The summed E-state index contributed by atoms with van der Waals surface area (Å²) in [6.45, 7) is 2.99. The van der Waals surface area contributed by atoms with Crippen molar-refractivity contribution >= 4 is 17.9 Å². The van der Waals surface area contributed by atoms with Crippen LogP contribution >= 0.6 is 7.29 Å². The molecule has 0 fully saturated rings. The Hall–Kier alpha value is -1.37. The quantitative estimate of drug-likeness (QED) is 0.588. The van der Waals surface area contributed by atoms with Crippen LogP contribution in [0.15, 0.2) is 60.7 Å². The van der Waals surface area contributed by atoms with Gasteiger partial charge in [-0.25, -0.2) is 0 Å². The molecule has 0 saturated carbocycles. The van der Waals surface area contributed by atoms with Crippen LogP contribution in [-0.4, -0.2) is 6.54 Å². The van der Waals surface area contributed by atoms with Gasteiger partial charge in [0.25, 0.3) is 0 Å². The molecule has 0 spiro atoms. The number of benzene rings is 2. The maximum atomic E-state index is 13.5. The van der Waals surface area contributed by atoms with Crippen molar-refractivity contribution in [2.45, 2.75) is 32.6 Å². The molecule has 2 aromatic carbocycles. The van der Waals surface area contributed by atoms with Crippen LogP contribution in [0.25, 0.3) is 0 Å². The fourth-order valence-electron chi connectivity index (χ4n) is 2.40. The average molecular weight is 301 g/mol. The SMILES string of the molecule is CCCCCCNP(=O)(c1ccccc1)c1ccccc1. The van der Waals surface area contributed by atoms with Crippen molar-refractivity contribution in [3.05, 3.63) is 60.7 Å². The molecule has 0 aromatic heterocycles. The first kappa shape index (κ1) is 16.0. The van der Waals surface area contributed by atoms with E-state index < -0.39 is 7.29 Å². The first-order valence-corrected chi connectivity index (χ1v) is 9.44. The Morgan fingerprint density at radius 3 is 1.81 bits per heavy atom. The molecular formula is C18H24NOP. The van der Waals surface area contributed by atoms with Gasteiger partial charge in [-0.3, -0.25) is 9.65 Å². The van der Waals surface area contributed by atoms with Gasteiger partial charge in [0.15, 0.2) is 0 Å². The minimum Gasteiger partial charge on any atom is -0.297 e. The highest BCUT2D eigenvalue weighted by Crippen LogP contribution is 2.38. The third-order valence-corrected chi connectivity index (χ3v) is 6.32. The van der Waals surface area contributed by atoms with Gasteiger partial charge in [-0.2, -0.15) is 0 Å². The van der Waals surface area contributed by atoms with E-state index in [4.69, 9.17) is 0 Å². The van der Waals surface area contributed by atoms with Crippen LogP contribution in [0, 0.1) is 0 Å². The largest absolute Gasteiger partial charge is 0.297 e. The second-order valence-corrected chi connectivity index (χ2v) is 7.82. The van der Waals surface area contributed by atoms with Gasteiger partial charge < -0.3 is 0 Å². The predicted octanol–water partition coefficient (Wildman–Crippen LogP) is 4.09. The molecule has 2 rings (SSSR count). The van der Waals surface area contributed by atoms with Crippen LogP contribution in [-0.2, 0) is 4.57 Å². The van der Waals surface area contributed by atoms with Gasteiger partial charge in [-0.15, -0.1) is 0 Å². The van der Waals surface area contributed by atoms with E-state index in [0.29, 0.717) is 0 Å². The van der Waals surface area contributed by atoms with Gasteiger partial charge in [-0.1, -0.05) is 62.6 Å². The molecule has 112 valence electrons. The molecule has 2 nitrogen and oxygen atoms in total. The molecule has 3 heteroatoms. The minimum absolute atomic E-state index is 0.793. The maximum Gasteiger partial charge on any atom is 0.204 e. The lowest BCUT2D eigenvalue weighted by Crippen LogP contribution is -2.28. The van der Waals surface area contributed by atoms with Crippen LogP contribution in [0.1, 0.15) is 32.6 Å². The van der Waals surface area contributed by atoms with Crippen molar-refractivity contribution in [3.8, 4) is 0 Å². The molecule has 0 radical (unpaired) electrons. The molecule has 0 unspecified atom stereocenters. The van der Waals surface area contributed by atoms with Crippen LogP contribution in [0.5, 0.6) is 0 Å². The summed E-state index contributed by atoms with van der Waals surface area (Å²) >= 11 is 0. The lowest BCUT2D eigenvalue weighted by atomic mass is 10.2. The van der Waals surface area contributed by atoms with Gasteiger partial charge in [-0.05, 0) is 30.7 Å². The van der Waals surface area contributed by atoms with E-state index in [1.165, 1.54) is 19.3 Å². The van der Waals surface area contributed by atoms with E-state index in [1.54, 1.807) is 0 Å². The highest BCUT2D eigenvalue weighted by Gasteiger charge is 2.25. The molecule has 0 aliphatic heterocycles. The number of hydrogen-bond acceptors (Lipinski definition) is 1. The minimum atomic E-state index is -2.72. The van der Waals surface area contributed by atoms with Crippen molar-refractivity contribution in [1.29, 1.82) is 0 Å². The first-order chi connectivity index (χ1) is 10.3. The standard InChI is InChI=1S/C18H24NOP/c1-2-3-4-11-16-19-21(20,17-12-7-5-8-13-17)18-14-9-6-10-15-18/h5-10,12-15H,2-4,11,16H2,1H3,(H,19,20). The number of unbranched alkanes of at least 4 members (excludes halogenated alkanes) is 3. The van der Waals surface area contributed by atoms with Crippen LogP contribution < -0.4 is 15.7 Å². The monoisotopic (exact) mass is 301 g/mol. The van der Waals surface area contributed by atoms with Gasteiger partial charge in [0, 0.05) is 17.2 Å². The van der Waals surface area contributed by atoms with Gasteiger partial charge >= 0.3 is 0 Å². The Balaban J connectivity index is 2.18. The smallest absolute Gasteiger partial charge is 0.204 e. The highest BCUT2D eigenvalue weighted by atomic mass is 31.2. The van der Waals surface area contributed by atoms with E-state index in [1.807, 2.05) is 60.7 Å². The van der Waals surface area contributed by atoms with Gasteiger partial charge in [0.2, 0.25) is 7.29 Å². The van der Waals surface area contributed by atoms with Crippen molar-refractivity contribution in [2.75, 3.05) is 6.54 Å².